The minimum absolute atomic E-state index is 0.0389. The van der Waals surface area contributed by atoms with Gasteiger partial charge in [0.2, 0.25) is 5.91 Å². The van der Waals surface area contributed by atoms with Crippen LogP contribution in [0.15, 0.2) is 23.2 Å². The summed E-state index contributed by atoms with van der Waals surface area (Å²) in [6.07, 6.45) is 3.87. The number of nitrogens with zero attached hydrogens (tertiary/aromatic N) is 3. The molecule has 196 valence electrons. The van der Waals surface area contributed by atoms with E-state index in [1.807, 2.05) is 44.5 Å². The Morgan fingerprint density at radius 1 is 1.33 bits per heavy atom. The average Bonchev–Trinajstić information content (AvgIpc) is 3.40. The Labute approximate surface area is 217 Å². The lowest BCUT2D eigenvalue weighted by atomic mass is 9.66. The summed E-state index contributed by atoms with van der Waals surface area (Å²) in [5.74, 6) is -2.40. The molecule has 12 heteroatoms. The lowest BCUT2D eigenvalue weighted by Gasteiger charge is -2.50. The molecule has 0 saturated carbocycles. The van der Waals surface area contributed by atoms with E-state index in [9.17, 15) is 24.6 Å². The summed E-state index contributed by atoms with van der Waals surface area (Å²) >= 11 is 2.88. The number of fused-ring (bicyclic) bond motifs is 2. The summed E-state index contributed by atoms with van der Waals surface area (Å²) in [6, 6.07) is -0.583. The van der Waals surface area contributed by atoms with Crippen molar-refractivity contribution in [3.05, 3.63) is 23.1 Å². The fourth-order valence-corrected chi connectivity index (χ4v) is 6.99. The summed E-state index contributed by atoms with van der Waals surface area (Å²) in [5, 5.41) is 21.4. The molecule has 0 unspecified atom stereocenters. The number of imidazole rings is 1. The molecule has 0 spiro atoms. The monoisotopic (exact) mass is 537 g/mol. The van der Waals surface area contributed by atoms with Gasteiger partial charge in [0.1, 0.15) is 21.9 Å². The number of amides is 1. The van der Waals surface area contributed by atoms with Gasteiger partial charge in [0.25, 0.3) is 0 Å². The largest absolute Gasteiger partial charge is 0.508 e. The molecule has 2 N–H and O–H groups in total. The smallest absolute Gasteiger partial charge is 0.477 e. The number of carboxylic acid groups (broad SMARTS) is 1. The number of rotatable bonds is 8. The summed E-state index contributed by atoms with van der Waals surface area (Å²) in [5.41, 5.74) is -0.719. The zero-order valence-corrected chi connectivity index (χ0v) is 22.7. The van der Waals surface area contributed by atoms with Crippen molar-refractivity contribution < 1.29 is 34.1 Å². The van der Waals surface area contributed by atoms with E-state index < -0.39 is 41.5 Å². The number of carbonyl (C=O) groups excluding carboxylic acids is 2. The Kier molecular flexibility index (Phi) is 6.91. The fourth-order valence-electron chi connectivity index (χ4n) is 5.03. The van der Waals surface area contributed by atoms with Gasteiger partial charge >= 0.3 is 12.1 Å². The van der Waals surface area contributed by atoms with Gasteiger partial charge in [-0.3, -0.25) is 9.20 Å². The molecule has 0 bridgehead atoms. The third-order valence-electron chi connectivity index (χ3n) is 6.65. The number of thioether (sulfide) groups is 1. The second-order valence-corrected chi connectivity index (χ2v) is 12.5. The van der Waals surface area contributed by atoms with E-state index in [0.29, 0.717) is 10.5 Å². The van der Waals surface area contributed by atoms with Crippen LogP contribution in [-0.4, -0.2) is 74.1 Å². The molecule has 10 nitrogen and oxygen atoms in total. The second kappa shape index (κ2) is 9.38. The zero-order chi connectivity index (χ0) is 26.6. The number of aliphatic hydroxyl groups excluding tert-OH is 1. The second-order valence-electron chi connectivity index (χ2n) is 10.6. The van der Waals surface area contributed by atoms with Crippen molar-refractivity contribution in [2.75, 3.05) is 19.5 Å². The molecule has 4 atom stereocenters. The van der Waals surface area contributed by atoms with Crippen molar-refractivity contribution in [2.24, 2.45) is 16.7 Å². The maximum absolute atomic E-state index is 13.0. The Morgan fingerprint density at radius 3 is 2.61 bits per heavy atom. The third kappa shape index (κ3) is 4.39. The van der Waals surface area contributed by atoms with Crippen LogP contribution in [0.25, 0.3) is 10.4 Å². The fraction of sp³-hybridized carbons (Fsp3) is 0.583. The highest BCUT2D eigenvalue weighted by Gasteiger charge is 2.66. The van der Waals surface area contributed by atoms with Crippen LogP contribution in [0.2, 0.25) is 0 Å². The van der Waals surface area contributed by atoms with Crippen LogP contribution in [-0.2, 0) is 19.1 Å². The van der Waals surface area contributed by atoms with Crippen molar-refractivity contribution in [2.45, 2.75) is 58.2 Å². The summed E-state index contributed by atoms with van der Waals surface area (Å²) in [7, 11) is 0. The van der Waals surface area contributed by atoms with Crippen LogP contribution >= 0.6 is 23.1 Å². The lowest BCUT2D eigenvalue weighted by Crippen LogP contribution is -2.66. The Morgan fingerprint density at radius 2 is 2.03 bits per heavy atom. The molecule has 1 amide bonds. The van der Waals surface area contributed by atoms with Crippen LogP contribution in [0.4, 0.5) is 4.79 Å². The van der Waals surface area contributed by atoms with Crippen molar-refractivity contribution >= 4 is 51.5 Å². The van der Waals surface area contributed by atoms with E-state index in [0.717, 1.165) is 9.86 Å². The van der Waals surface area contributed by atoms with E-state index in [4.69, 9.17) is 9.47 Å². The number of hydrogen-bond donors (Lipinski definition) is 2. The van der Waals surface area contributed by atoms with Crippen molar-refractivity contribution in [1.29, 1.82) is 0 Å². The van der Waals surface area contributed by atoms with Crippen molar-refractivity contribution in [1.82, 2.24) is 14.3 Å². The predicted molar refractivity (Wildman–Crippen MR) is 135 cm³/mol. The van der Waals surface area contributed by atoms with Crippen LogP contribution in [0.1, 0.15) is 45.9 Å². The molecule has 0 aliphatic carbocycles. The molecule has 2 aliphatic rings. The molecular formula is C24H31N3O7S2. The van der Waals surface area contributed by atoms with Gasteiger partial charge in [0.05, 0.1) is 36.2 Å². The highest BCUT2D eigenvalue weighted by molar-refractivity contribution is 7.98. The van der Waals surface area contributed by atoms with Gasteiger partial charge in [-0.15, -0.1) is 23.1 Å². The molecular weight excluding hydrogens is 506 g/mol. The molecule has 4 heterocycles. The standard InChI is InChI=1S/C24H31N3O7S2/c1-12(28)14-17-24(5,7-8-33-22(32)34-10-23(2,3)4)15(16(21(30)31)27(17)19(14)29)13-9-26-11-25-18(35-6)20(26)36-13/h9,11-12,14,17,28H,7-8,10H2,1-6H3,(H,30,31)/t12-,14-,17-,24+/m1/s1. The average molecular weight is 538 g/mol. The van der Waals surface area contributed by atoms with E-state index >= 15 is 0 Å². The Hall–Kier alpha value is -2.57. The van der Waals surface area contributed by atoms with Crippen molar-refractivity contribution in [3.8, 4) is 0 Å². The Bertz CT molecular complexity index is 1240. The minimum atomic E-state index is -1.22. The summed E-state index contributed by atoms with van der Waals surface area (Å²) in [6.45, 7) is 9.36. The van der Waals surface area contributed by atoms with Gasteiger partial charge in [0.15, 0.2) is 0 Å². The SMILES string of the molecule is CSc1ncn2cc(C3=C(C(=O)O)N4C(=O)[C@H]([C@@H](C)O)[C@@H]4[C@@]3(C)CCOC(=O)OCC(C)(C)C)sc12. The normalized spacial score (nSPS) is 24.6. The van der Waals surface area contributed by atoms with Gasteiger partial charge in [-0.05, 0) is 25.0 Å². The lowest BCUT2D eigenvalue weighted by molar-refractivity contribution is -0.167. The first-order chi connectivity index (χ1) is 16.8. The first-order valence-electron chi connectivity index (χ1n) is 11.6. The number of aromatic nitrogens is 2. The quantitative estimate of drug-likeness (QED) is 0.294. The molecule has 1 saturated heterocycles. The first-order valence-corrected chi connectivity index (χ1v) is 13.6. The van der Waals surface area contributed by atoms with Crippen LogP contribution < -0.4 is 0 Å². The number of hydrogen-bond acceptors (Lipinski definition) is 9. The van der Waals surface area contributed by atoms with E-state index in [-0.39, 0.29) is 30.7 Å². The maximum atomic E-state index is 13.0. The third-order valence-corrected chi connectivity index (χ3v) is 8.59. The topological polar surface area (TPSA) is 131 Å². The van der Waals surface area contributed by atoms with E-state index in [1.165, 1.54) is 34.9 Å². The Balaban J connectivity index is 1.71. The molecule has 4 rings (SSSR count). The van der Waals surface area contributed by atoms with Gasteiger partial charge in [0, 0.05) is 17.2 Å². The summed E-state index contributed by atoms with van der Waals surface area (Å²) in [4.78, 5) is 44.8. The van der Waals surface area contributed by atoms with E-state index in [1.54, 1.807) is 6.33 Å². The number of aliphatic carboxylic acids is 1. The molecule has 1 fully saturated rings. The van der Waals surface area contributed by atoms with Gasteiger partial charge in [-0.25, -0.2) is 14.6 Å². The van der Waals surface area contributed by atoms with Gasteiger partial charge in [-0.2, -0.15) is 0 Å². The molecule has 2 aliphatic heterocycles. The molecule has 0 aromatic carbocycles. The molecule has 0 radical (unpaired) electrons. The zero-order valence-electron chi connectivity index (χ0n) is 21.1. The van der Waals surface area contributed by atoms with Gasteiger partial charge < -0.3 is 24.6 Å². The molecule has 2 aromatic heterocycles. The van der Waals surface area contributed by atoms with Crippen LogP contribution in [0.5, 0.6) is 0 Å². The molecule has 36 heavy (non-hydrogen) atoms. The number of β-lactam (4-membered cyclic amide) rings is 1. The predicted octanol–water partition coefficient (Wildman–Crippen LogP) is 3.73. The highest BCUT2D eigenvalue weighted by atomic mass is 32.2. The number of thiazole rings is 1. The van der Waals surface area contributed by atoms with Crippen LogP contribution in [0.3, 0.4) is 0 Å². The van der Waals surface area contributed by atoms with Gasteiger partial charge in [-0.1, -0.05) is 27.7 Å². The number of carboxylic acids is 1. The number of carbonyl (C=O) groups is 3. The summed E-state index contributed by atoms with van der Waals surface area (Å²) < 4.78 is 12.4. The van der Waals surface area contributed by atoms with E-state index in [2.05, 4.69) is 4.98 Å². The first kappa shape index (κ1) is 26.5. The number of aliphatic hydroxyl groups is 1. The van der Waals surface area contributed by atoms with Crippen LogP contribution in [0, 0.1) is 16.7 Å². The van der Waals surface area contributed by atoms with Crippen molar-refractivity contribution in [3.63, 3.8) is 0 Å². The maximum Gasteiger partial charge on any atom is 0.508 e. The minimum Gasteiger partial charge on any atom is -0.477 e. The number of ether oxygens (including phenoxy) is 2. The highest BCUT2D eigenvalue weighted by Crippen LogP contribution is 2.60. The molecule has 2 aromatic rings.